The van der Waals surface area contributed by atoms with E-state index in [2.05, 4.69) is 58.0 Å². The predicted octanol–water partition coefficient (Wildman–Crippen LogP) is 4.71. The van der Waals surface area contributed by atoms with Crippen molar-refractivity contribution in [1.29, 1.82) is 0 Å². The van der Waals surface area contributed by atoms with Gasteiger partial charge in [-0.2, -0.15) is 0 Å². The van der Waals surface area contributed by atoms with Gasteiger partial charge in [0.1, 0.15) is 33.0 Å². The van der Waals surface area contributed by atoms with Crippen LogP contribution in [-0.2, 0) is 69.4 Å². The fourth-order valence-corrected chi connectivity index (χ4v) is 7.17. The van der Waals surface area contributed by atoms with E-state index >= 15 is 0 Å². The summed E-state index contributed by atoms with van der Waals surface area (Å²) in [6, 6.07) is 0.610. The minimum atomic E-state index is -2.68. The fraction of sp³-hybridized carbons (Fsp3) is 0.619. The zero-order valence-electron chi connectivity index (χ0n) is 40.1. The summed E-state index contributed by atoms with van der Waals surface area (Å²) in [5.74, 6) is -1.46. The molecule has 376 valence electrons. The van der Waals surface area contributed by atoms with Crippen LogP contribution in [0, 0.1) is 0 Å². The van der Waals surface area contributed by atoms with Gasteiger partial charge in [-0.05, 0) is 68.7 Å². The SMILES string of the molecule is C=C(C)C(=O)OCCO.C=C(C)C(=O)OCCOC(=O)NCCC[Si](OCC)(OCC)OCC.C=CCN=C=O.C=CCNC(=O)OCCOC(=O)C(=C)C.CCO[SiH](OCC)OCC. The maximum Gasteiger partial charge on any atom is 0.500 e. The second-order valence-electron chi connectivity index (χ2n) is 11.8. The second-order valence-corrected chi connectivity index (χ2v) is 16.1. The number of isocyanates is 1. The molecule has 0 atom stereocenters. The van der Waals surface area contributed by atoms with Crippen LogP contribution in [0.2, 0.25) is 6.04 Å². The van der Waals surface area contributed by atoms with E-state index in [0.717, 1.165) is 0 Å². The Morgan fingerprint density at radius 1 is 0.615 bits per heavy atom. The molecule has 0 aliphatic heterocycles. The number of esters is 3. The zero-order valence-corrected chi connectivity index (χ0v) is 42.3. The first-order valence-electron chi connectivity index (χ1n) is 20.8. The van der Waals surface area contributed by atoms with E-state index in [9.17, 15) is 28.8 Å². The summed E-state index contributed by atoms with van der Waals surface area (Å²) < 4.78 is 56.4. The summed E-state index contributed by atoms with van der Waals surface area (Å²) in [7, 11) is -4.41. The van der Waals surface area contributed by atoms with Crippen molar-refractivity contribution in [3.05, 3.63) is 61.8 Å². The lowest BCUT2D eigenvalue weighted by molar-refractivity contribution is -0.140. The minimum Gasteiger partial charge on any atom is -0.460 e. The van der Waals surface area contributed by atoms with Gasteiger partial charge < -0.3 is 66.0 Å². The Morgan fingerprint density at radius 2 is 1.00 bits per heavy atom. The Morgan fingerprint density at radius 3 is 1.31 bits per heavy atom. The first kappa shape index (κ1) is 69.2. The molecule has 3 N–H and O–H groups in total. The maximum atomic E-state index is 11.5. The molecular formula is C42H77N3O18Si2. The summed E-state index contributed by atoms with van der Waals surface area (Å²) in [5.41, 5.74) is 0.963. The highest BCUT2D eigenvalue weighted by atomic mass is 28.4. The van der Waals surface area contributed by atoms with Crippen LogP contribution in [0.1, 0.15) is 68.7 Å². The Bertz CT molecular complexity index is 1350. The summed E-state index contributed by atoms with van der Waals surface area (Å²) in [6.07, 6.45) is 3.94. The van der Waals surface area contributed by atoms with Gasteiger partial charge in [0.25, 0.3) is 0 Å². The Labute approximate surface area is 388 Å². The summed E-state index contributed by atoms with van der Waals surface area (Å²) >= 11 is 0. The first-order chi connectivity index (χ1) is 30.9. The van der Waals surface area contributed by atoms with Crippen LogP contribution in [0.15, 0.2) is 66.8 Å². The minimum absolute atomic E-state index is 0.00580. The van der Waals surface area contributed by atoms with Gasteiger partial charge in [-0.3, -0.25) is 0 Å². The third-order valence-corrected chi connectivity index (χ3v) is 11.0. The number of ether oxygens (including phenoxy) is 5. The highest BCUT2D eigenvalue weighted by molar-refractivity contribution is 6.60. The Balaban J connectivity index is -0.000000254. The molecule has 0 radical (unpaired) electrons. The molecular weight excluding hydrogens is 891 g/mol. The zero-order chi connectivity index (χ0) is 50.7. The van der Waals surface area contributed by atoms with E-state index in [0.29, 0.717) is 88.5 Å². The van der Waals surface area contributed by atoms with E-state index in [-0.39, 0.29) is 39.6 Å². The lowest BCUT2D eigenvalue weighted by Gasteiger charge is -2.28. The maximum absolute atomic E-state index is 11.5. The smallest absolute Gasteiger partial charge is 0.460 e. The number of nitrogens with zero attached hydrogens (tertiary/aromatic N) is 1. The standard InChI is InChI=1S/C16H31NO7Si.C10H15NO4.C6H16O3Si.C6H10O3.C4H5NO/c1-6-22-25(23-7-2,24-8-3)13-9-10-17-16(19)21-12-11-20-15(18)14(4)5;1-4-5-11-10(13)15-7-6-14-9(12)8(2)3;1-4-7-10(8-5-2)9-6-3;1-5(2)6(8)9-4-3-7;1-2-3-5-4-6/h4,6-13H2,1-3,5H3,(H,17,19);4H,1-2,5-7H2,3H3,(H,11,13);10H,4-6H2,1-3H3;7H,1,3-4H2,2H3;2H,1,3H2. The van der Waals surface area contributed by atoms with E-state index in [4.69, 9.17) is 45.9 Å². The van der Waals surface area contributed by atoms with Crippen LogP contribution >= 0.6 is 0 Å². The van der Waals surface area contributed by atoms with E-state index in [1.807, 2.05) is 41.5 Å². The molecule has 0 saturated carbocycles. The van der Waals surface area contributed by atoms with Crippen LogP contribution < -0.4 is 10.6 Å². The molecule has 2 amide bonds. The third kappa shape index (κ3) is 51.7. The van der Waals surface area contributed by atoms with E-state index in [1.165, 1.54) is 18.2 Å². The number of amides is 2. The number of rotatable bonds is 31. The molecule has 0 fully saturated rings. The number of aliphatic hydroxyl groups excluding tert-OH is 1. The number of hydrogen-bond donors (Lipinski definition) is 3. The predicted molar refractivity (Wildman–Crippen MR) is 249 cm³/mol. The molecule has 0 aliphatic rings. The van der Waals surface area contributed by atoms with Crippen molar-refractivity contribution in [2.45, 2.75) is 74.8 Å². The summed E-state index contributed by atoms with van der Waals surface area (Å²) in [5, 5.41) is 13.2. The van der Waals surface area contributed by atoms with E-state index in [1.54, 1.807) is 20.8 Å². The first-order valence-corrected chi connectivity index (χ1v) is 24.2. The molecule has 0 aromatic heterocycles. The quantitative estimate of drug-likeness (QED) is 0.0124. The molecule has 0 bridgehead atoms. The molecule has 23 heteroatoms. The average molecular weight is 968 g/mol. The van der Waals surface area contributed by atoms with Gasteiger partial charge in [-0.15, -0.1) is 13.2 Å². The fourth-order valence-electron chi connectivity index (χ4n) is 3.45. The molecule has 21 nitrogen and oxygen atoms in total. The van der Waals surface area contributed by atoms with Crippen molar-refractivity contribution in [1.82, 2.24) is 10.6 Å². The van der Waals surface area contributed by atoms with Crippen LogP contribution in [0.25, 0.3) is 0 Å². The average Bonchev–Trinajstić information content (AvgIpc) is 3.27. The second kappa shape index (κ2) is 51.8. The normalized spacial score (nSPS) is 9.71. The largest absolute Gasteiger partial charge is 0.500 e. The number of hydrogen-bond acceptors (Lipinski definition) is 19. The number of aliphatic hydroxyl groups is 1. The van der Waals surface area contributed by atoms with Crippen molar-refractivity contribution < 1.29 is 84.1 Å². The highest BCUT2D eigenvalue weighted by Crippen LogP contribution is 2.17. The van der Waals surface area contributed by atoms with Gasteiger partial charge in [0.15, 0.2) is 0 Å². The number of alkyl carbamates (subject to hydrolysis) is 2. The monoisotopic (exact) mass is 967 g/mol. The van der Waals surface area contributed by atoms with Crippen LogP contribution in [0.4, 0.5) is 9.59 Å². The highest BCUT2D eigenvalue weighted by Gasteiger charge is 2.39. The Kier molecular flexibility index (Phi) is 55.2. The number of aliphatic imine (C=N–C) groups is 1. The van der Waals surface area contributed by atoms with Gasteiger partial charge in [0.2, 0.25) is 6.08 Å². The van der Waals surface area contributed by atoms with Crippen LogP contribution in [0.5, 0.6) is 0 Å². The van der Waals surface area contributed by atoms with Gasteiger partial charge in [0, 0.05) is 75.5 Å². The number of carbonyl (C=O) groups excluding carboxylic acids is 6. The van der Waals surface area contributed by atoms with Gasteiger partial charge >= 0.3 is 48.4 Å². The topological polar surface area (TPSA) is 261 Å². The van der Waals surface area contributed by atoms with Gasteiger partial charge in [-0.1, -0.05) is 31.9 Å². The molecule has 0 rings (SSSR count). The summed E-state index contributed by atoms with van der Waals surface area (Å²) in [4.78, 5) is 67.3. The molecule has 0 aromatic rings. The van der Waals surface area contributed by atoms with Crippen molar-refractivity contribution in [3.8, 4) is 0 Å². The van der Waals surface area contributed by atoms with Crippen molar-refractivity contribution in [2.75, 3.05) is 98.9 Å². The van der Waals surface area contributed by atoms with Gasteiger partial charge in [-0.25, -0.2) is 33.8 Å². The van der Waals surface area contributed by atoms with Gasteiger partial charge in [0.05, 0.1) is 13.2 Å². The van der Waals surface area contributed by atoms with Crippen LogP contribution in [-0.4, -0.2) is 159 Å². The summed E-state index contributed by atoms with van der Waals surface area (Å²) in [6.45, 7) is 37.8. The molecule has 65 heavy (non-hydrogen) atoms. The van der Waals surface area contributed by atoms with Crippen molar-refractivity contribution in [3.63, 3.8) is 0 Å². The van der Waals surface area contributed by atoms with Crippen LogP contribution in [0.3, 0.4) is 0 Å². The lowest BCUT2D eigenvalue weighted by atomic mass is 10.4. The third-order valence-electron chi connectivity index (χ3n) is 6.07. The van der Waals surface area contributed by atoms with Crippen molar-refractivity contribution >= 4 is 54.5 Å². The van der Waals surface area contributed by atoms with Crippen molar-refractivity contribution in [2.24, 2.45) is 4.99 Å². The lowest BCUT2D eigenvalue weighted by Crippen LogP contribution is -2.46. The Hall–Kier alpha value is -4.82. The molecule has 0 heterocycles. The molecule has 0 saturated heterocycles. The number of nitrogens with one attached hydrogen (secondary N) is 2. The molecule has 0 aliphatic carbocycles. The molecule has 0 unspecified atom stereocenters. The van der Waals surface area contributed by atoms with E-state index < -0.39 is 48.4 Å². The molecule has 0 aromatic carbocycles. The number of carbonyl (C=O) groups is 5. The molecule has 0 spiro atoms.